The molecule has 1 aromatic rings. The van der Waals surface area contributed by atoms with Crippen molar-refractivity contribution in [1.29, 1.82) is 0 Å². The maximum Gasteiger partial charge on any atom is 0.346 e. The minimum absolute atomic E-state index is 0.178. The molecule has 0 N–H and O–H groups in total. The van der Waals surface area contributed by atoms with Gasteiger partial charge in [-0.05, 0) is 12.1 Å². The molecule has 0 aliphatic carbocycles. The molecule has 0 heterocycles. The topological polar surface area (TPSA) is 52.6 Å². The molecule has 0 radical (unpaired) electrons. The van der Waals surface area contributed by atoms with Gasteiger partial charge in [0.05, 0.1) is 6.26 Å². The molecule has 4 heteroatoms. The minimum Gasteiger partial charge on any atom is -0.431 e. The van der Waals surface area contributed by atoms with Crippen LogP contribution in [0.2, 0.25) is 0 Å². The Morgan fingerprint density at radius 3 is 2.60 bits per heavy atom. The Balaban J connectivity index is 3.00. The van der Waals surface area contributed by atoms with Gasteiger partial charge in [-0.3, -0.25) is 4.79 Å². The molecule has 0 aliphatic heterocycles. The summed E-state index contributed by atoms with van der Waals surface area (Å²) in [6.07, 6.45) is 1.02. The van der Waals surface area contributed by atoms with E-state index < -0.39 is 11.9 Å². The third-order valence-electron chi connectivity index (χ3n) is 1.55. The van der Waals surface area contributed by atoms with Crippen molar-refractivity contribution in [1.82, 2.24) is 0 Å². The van der Waals surface area contributed by atoms with Gasteiger partial charge in [0, 0.05) is 6.92 Å². The molecule has 0 spiro atoms. The first-order valence-electron chi connectivity index (χ1n) is 4.24. The van der Waals surface area contributed by atoms with Gasteiger partial charge in [-0.15, -0.1) is 0 Å². The van der Waals surface area contributed by atoms with Crippen LogP contribution in [0, 0.1) is 0 Å². The molecule has 0 saturated carbocycles. The summed E-state index contributed by atoms with van der Waals surface area (Å²) in [5.41, 5.74) is 0.188. The van der Waals surface area contributed by atoms with E-state index in [1.54, 1.807) is 12.1 Å². The highest BCUT2D eigenvalue weighted by atomic mass is 16.5. The smallest absolute Gasteiger partial charge is 0.346 e. The molecular formula is C11H10O4. The summed E-state index contributed by atoms with van der Waals surface area (Å²) in [5.74, 6) is -0.924. The van der Waals surface area contributed by atoms with Crippen LogP contribution in [-0.4, -0.2) is 11.9 Å². The van der Waals surface area contributed by atoms with E-state index >= 15 is 0 Å². The van der Waals surface area contributed by atoms with E-state index in [1.807, 2.05) is 0 Å². The third-order valence-corrected chi connectivity index (χ3v) is 1.55. The molecule has 0 atom stereocenters. The molecule has 0 unspecified atom stereocenters. The SMILES string of the molecule is C=COC(=O)c1ccccc1OC(C)=O. The van der Waals surface area contributed by atoms with Crippen LogP contribution in [-0.2, 0) is 9.53 Å². The lowest BCUT2D eigenvalue weighted by Crippen LogP contribution is -2.08. The molecule has 0 amide bonds. The molecule has 0 aromatic heterocycles. The van der Waals surface area contributed by atoms with Gasteiger partial charge in [-0.1, -0.05) is 18.7 Å². The van der Waals surface area contributed by atoms with Crippen LogP contribution < -0.4 is 4.74 Å². The maximum atomic E-state index is 11.4. The second kappa shape index (κ2) is 4.95. The van der Waals surface area contributed by atoms with Crippen LogP contribution >= 0.6 is 0 Å². The van der Waals surface area contributed by atoms with E-state index in [1.165, 1.54) is 19.1 Å². The van der Waals surface area contributed by atoms with Crippen molar-refractivity contribution >= 4 is 11.9 Å². The number of carbonyl (C=O) groups excluding carboxylic acids is 2. The van der Waals surface area contributed by atoms with Gasteiger partial charge in [0.1, 0.15) is 11.3 Å². The average molecular weight is 206 g/mol. The fourth-order valence-electron chi connectivity index (χ4n) is 1.02. The number of esters is 2. The van der Waals surface area contributed by atoms with Gasteiger partial charge >= 0.3 is 11.9 Å². The molecule has 0 bridgehead atoms. The van der Waals surface area contributed by atoms with Crippen molar-refractivity contribution in [3.8, 4) is 5.75 Å². The van der Waals surface area contributed by atoms with Crippen LogP contribution in [0.1, 0.15) is 17.3 Å². The summed E-state index contributed by atoms with van der Waals surface area (Å²) in [4.78, 5) is 22.1. The Labute approximate surface area is 87.1 Å². The van der Waals surface area contributed by atoms with Crippen LogP contribution in [0.15, 0.2) is 37.1 Å². The van der Waals surface area contributed by atoms with Gasteiger partial charge in [0.2, 0.25) is 0 Å². The highest BCUT2D eigenvalue weighted by Gasteiger charge is 2.13. The van der Waals surface area contributed by atoms with E-state index in [9.17, 15) is 9.59 Å². The molecule has 0 saturated heterocycles. The number of hydrogen-bond acceptors (Lipinski definition) is 4. The Bertz CT molecular complexity index is 395. The van der Waals surface area contributed by atoms with Gasteiger partial charge in [0.25, 0.3) is 0 Å². The molecule has 78 valence electrons. The second-order valence-corrected chi connectivity index (χ2v) is 2.66. The quantitative estimate of drug-likeness (QED) is 0.430. The highest BCUT2D eigenvalue weighted by Crippen LogP contribution is 2.19. The van der Waals surface area contributed by atoms with Gasteiger partial charge in [-0.2, -0.15) is 0 Å². The van der Waals surface area contributed by atoms with Crippen molar-refractivity contribution < 1.29 is 19.1 Å². The van der Waals surface area contributed by atoms with Gasteiger partial charge in [0.15, 0.2) is 0 Å². The maximum absolute atomic E-state index is 11.4. The second-order valence-electron chi connectivity index (χ2n) is 2.66. The molecule has 1 aromatic carbocycles. The average Bonchev–Trinajstić information content (AvgIpc) is 2.18. The number of hydrogen-bond donors (Lipinski definition) is 0. The van der Waals surface area contributed by atoms with Crippen LogP contribution in [0.3, 0.4) is 0 Å². The summed E-state index contributed by atoms with van der Waals surface area (Å²) in [6, 6.07) is 6.32. The van der Waals surface area contributed by atoms with Crippen LogP contribution in [0.25, 0.3) is 0 Å². The fourth-order valence-corrected chi connectivity index (χ4v) is 1.02. The lowest BCUT2D eigenvalue weighted by atomic mass is 10.2. The Hall–Kier alpha value is -2.10. The van der Waals surface area contributed by atoms with E-state index in [4.69, 9.17) is 4.74 Å². The van der Waals surface area contributed by atoms with E-state index in [0.717, 1.165) is 6.26 Å². The highest BCUT2D eigenvalue weighted by molar-refractivity contribution is 5.93. The van der Waals surface area contributed by atoms with Gasteiger partial charge < -0.3 is 9.47 Å². The monoisotopic (exact) mass is 206 g/mol. The van der Waals surface area contributed by atoms with E-state index in [-0.39, 0.29) is 11.3 Å². The summed E-state index contributed by atoms with van der Waals surface area (Å²) >= 11 is 0. The van der Waals surface area contributed by atoms with E-state index in [0.29, 0.717) is 0 Å². The number of carbonyl (C=O) groups is 2. The normalized spacial score (nSPS) is 9.13. The zero-order valence-corrected chi connectivity index (χ0v) is 8.23. The first kappa shape index (κ1) is 11.0. The fraction of sp³-hybridized carbons (Fsp3) is 0.0909. The standard InChI is InChI=1S/C11H10O4/c1-3-14-11(13)9-6-4-5-7-10(9)15-8(2)12/h3-7H,1H2,2H3. The first-order chi connectivity index (χ1) is 7.15. The number of benzene rings is 1. The zero-order chi connectivity index (χ0) is 11.3. The Morgan fingerprint density at radius 1 is 1.33 bits per heavy atom. The van der Waals surface area contributed by atoms with Crippen molar-refractivity contribution in [2.75, 3.05) is 0 Å². The van der Waals surface area contributed by atoms with Crippen LogP contribution in [0.5, 0.6) is 5.75 Å². The molecule has 4 nitrogen and oxygen atoms in total. The van der Waals surface area contributed by atoms with Crippen molar-refractivity contribution in [2.24, 2.45) is 0 Å². The van der Waals surface area contributed by atoms with Gasteiger partial charge in [-0.25, -0.2) is 4.79 Å². The molecule has 15 heavy (non-hydrogen) atoms. The molecule has 0 aliphatic rings. The summed E-state index contributed by atoms with van der Waals surface area (Å²) in [7, 11) is 0. The third kappa shape index (κ3) is 2.95. The lowest BCUT2D eigenvalue weighted by Gasteiger charge is -2.06. The molecule has 1 rings (SSSR count). The predicted molar refractivity (Wildman–Crippen MR) is 53.4 cm³/mol. The number of para-hydroxylation sites is 1. The summed E-state index contributed by atoms with van der Waals surface area (Å²) in [5, 5.41) is 0. The summed E-state index contributed by atoms with van der Waals surface area (Å²) in [6.45, 7) is 4.53. The first-order valence-corrected chi connectivity index (χ1v) is 4.24. The number of ether oxygens (including phenoxy) is 2. The Morgan fingerprint density at radius 2 is 2.00 bits per heavy atom. The lowest BCUT2D eigenvalue weighted by molar-refractivity contribution is -0.131. The minimum atomic E-state index is -0.609. The predicted octanol–water partition coefficient (Wildman–Crippen LogP) is 1.91. The molecular weight excluding hydrogens is 196 g/mol. The Kier molecular flexibility index (Phi) is 3.62. The zero-order valence-electron chi connectivity index (χ0n) is 8.23. The van der Waals surface area contributed by atoms with Crippen molar-refractivity contribution in [2.45, 2.75) is 6.92 Å². The largest absolute Gasteiger partial charge is 0.431 e. The summed E-state index contributed by atoms with van der Waals surface area (Å²) < 4.78 is 9.42. The molecule has 0 fully saturated rings. The van der Waals surface area contributed by atoms with Crippen LogP contribution in [0.4, 0.5) is 0 Å². The van der Waals surface area contributed by atoms with E-state index in [2.05, 4.69) is 11.3 Å². The van der Waals surface area contributed by atoms with Crippen molar-refractivity contribution in [3.05, 3.63) is 42.7 Å². The number of rotatable bonds is 3. The van der Waals surface area contributed by atoms with Crippen molar-refractivity contribution in [3.63, 3.8) is 0 Å².